The first-order chi connectivity index (χ1) is 14.1. The average Bonchev–Trinajstić information content (AvgIpc) is 3.00. The van der Waals surface area contributed by atoms with Crippen molar-refractivity contribution in [2.24, 2.45) is 5.92 Å². The van der Waals surface area contributed by atoms with Crippen LogP contribution >= 0.6 is 0 Å². The third-order valence-corrected chi connectivity index (χ3v) is 4.92. The highest BCUT2D eigenvalue weighted by molar-refractivity contribution is 6.20. The lowest BCUT2D eigenvalue weighted by Crippen LogP contribution is -2.36. The van der Waals surface area contributed by atoms with E-state index in [0.29, 0.717) is 17.9 Å². The van der Waals surface area contributed by atoms with E-state index in [0.717, 1.165) is 11.1 Å². The smallest absolute Gasteiger partial charge is 0.329 e. The van der Waals surface area contributed by atoms with E-state index < -0.39 is 23.7 Å². The number of imide groups is 1. The molecule has 0 fully saturated rings. The van der Waals surface area contributed by atoms with Gasteiger partial charge in [0, 0.05) is 0 Å². The topological polar surface area (TPSA) is 63.7 Å². The van der Waals surface area contributed by atoms with Crippen LogP contribution in [0.1, 0.15) is 31.8 Å². The summed E-state index contributed by atoms with van der Waals surface area (Å²) in [5, 5.41) is 0.579. The quantitative estimate of drug-likeness (QED) is 0.605. The van der Waals surface area contributed by atoms with Gasteiger partial charge in [-0.05, 0) is 36.1 Å². The monoisotopic (exact) mass is 385 g/mol. The van der Waals surface area contributed by atoms with Crippen LogP contribution < -0.4 is 0 Å². The van der Waals surface area contributed by atoms with Crippen molar-refractivity contribution < 1.29 is 19.2 Å². The maximum Gasteiger partial charge on any atom is 0.336 e. The molecule has 1 aliphatic rings. The van der Waals surface area contributed by atoms with Crippen LogP contribution in [0.15, 0.2) is 84.9 Å². The molecule has 1 heterocycles. The lowest BCUT2D eigenvalue weighted by Gasteiger charge is -2.19. The predicted octanol–water partition coefficient (Wildman–Crippen LogP) is 3.84. The van der Waals surface area contributed by atoms with E-state index in [2.05, 4.69) is 0 Å². The summed E-state index contributed by atoms with van der Waals surface area (Å²) in [4.78, 5) is 43.3. The van der Waals surface area contributed by atoms with Crippen molar-refractivity contribution in [1.82, 2.24) is 5.06 Å². The van der Waals surface area contributed by atoms with E-state index in [1.807, 2.05) is 60.7 Å². The number of rotatable bonds is 6. The molecule has 5 nitrogen and oxygen atoms in total. The molecule has 0 N–H and O–H groups in total. The molecule has 144 valence electrons. The van der Waals surface area contributed by atoms with Crippen LogP contribution in [-0.2, 0) is 22.5 Å². The van der Waals surface area contributed by atoms with Crippen LogP contribution in [-0.4, -0.2) is 22.8 Å². The fourth-order valence-corrected chi connectivity index (χ4v) is 3.45. The number of fused-ring (bicyclic) bond motifs is 1. The molecule has 2 amide bonds. The Kier molecular flexibility index (Phi) is 5.20. The highest BCUT2D eigenvalue weighted by atomic mass is 16.7. The van der Waals surface area contributed by atoms with Gasteiger partial charge in [-0.3, -0.25) is 9.59 Å². The zero-order chi connectivity index (χ0) is 20.2. The summed E-state index contributed by atoms with van der Waals surface area (Å²) in [6.45, 7) is 0. The molecule has 4 rings (SSSR count). The molecule has 29 heavy (non-hydrogen) atoms. The Balaban J connectivity index is 1.55. The molecule has 0 bridgehead atoms. The van der Waals surface area contributed by atoms with Crippen LogP contribution in [0.5, 0.6) is 0 Å². The molecular weight excluding hydrogens is 366 g/mol. The van der Waals surface area contributed by atoms with Crippen molar-refractivity contribution in [2.75, 3.05) is 0 Å². The van der Waals surface area contributed by atoms with Gasteiger partial charge in [0.05, 0.1) is 17.0 Å². The molecule has 3 aromatic rings. The first kappa shape index (κ1) is 18.6. The van der Waals surface area contributed by atoms with Crippen molar-refractivity contribution >= 4 is 17.8 Å². The van der Waals surface area contributed by atoms with Gasteiger partial charge in [0.1, 0.15) is 0 Å². The Labute approximate surface area is 168 Å². The molecular formula is C24H19NO4. The largest absolute Gasteiger partial charge is 0.336 e. The molecule has 0 spiro atoms. The number of hydrogen-bond acceptors (Lipinski definition) is 4. The summed E-state index contributed by atoms with van der Waals surface area (Å²) in [5.74, 6) is -2.37. The third kappa shape index (κ3) is 3.94. The van der Waals surface area contributed by atoms with Crippen molar-refractivity contribution in [3.8, 4) is 0 Å². The van der Waals surface area contributed by atoms with E-state index in [1.54, 1.807) is 24.3 Å². The zero-order valence-corrected chi connectivity index (χ0v) is 15.7. The van der Waals surface area contributed by atoms with Gasteiger partial charge < -0.3 is 4.84 Å². The Hall–Kier alpha value is -3.73. The Morgan fingerprint density at radius 2 is 1.10 bits per heavy atom. The van der Waals surface area contributed by atoms with Crippen LogP contribution in [0.2, 0.25) is 0 Å². The second kappa shape index (κ2) is 8.10. The maximum atomic E-state index is 13.0. The molecule has 0 aliphatic carbocycles. The second-order valence-corrected chi connectivity index (χ2v) is 6.94. The lowest BCUT2D eigenvalue weighted by molar-refractivity contribution is -0.173. The maximum absolute atomic E-state index is 13.0. The van der Waals surface area contributed by atoms with Gasteiger partial charge in [-0.2, -0.15) is 0 Å². The molecule has 0 saturated heterocycles. The Morgan fingerprint density at radius 3 is 1.55 bits per heavy atom. The van der Waals surface area contributed by atoms with Crippen LogP contribution in [0.25, 0.3) is 0 Å². The molecule has 0 saturated carbocycles. The number of carbonyl (C=O) groups excluding carboxylic acids is 3. The first-order valence-electron chi connectivity index (χ1n) is 9.41. The van der Waals surface area contributed by atoms with E-state index in [1.165, 1.54) is 0 Å². The van der Waals surface area contributed by atoms with E-state index in [-0.39, 0.29) is 11.1 Å². The number of hydroxylamine groups is 2. The molecule has 0 radical (unpaired) electrons. The van der Waals surface area contributed by atoms with Gasteiger partial charge >= 0.3 is 5.97 Å². The molecule has 1 aliphatic heterocycles. The standard InChI is InChI=1S/C24H19NO4/c26-22-20-13-7-8-14-21(20)23(27)25(22)29-24(28)19(15-17-9-3-1-4-10-17)16-18-11-5-2-6-12-18/h1-14,19H,15-16H2. The fraction of sp³-hybridized carbons (Fsp3) is 0.125. The molecule has 0 atom stereocenters. The lowest BCUT2D eigenvalue weighted by atomic mass is 9.93. The zero-order valence-electron chi connectivity index (χ0n) is 15.7. The minimum Gasteiger partial charge on any atom is -0.329 e. The van der Waals surface area contributed by atoms with Gasteiger partial charge in [0.25, 0.3) is 11.8 Å². The molecule has 3 aromatic carbocycles. The molecule has 5 heteroatoms. The number of nitrogens with zero attached hydrogens (tertiary/aromatic N) is 1. The summed E-state index contributed by atoms with van der Waals surface area (Å²) in [6.07, 6.45) is 0.884. The Bertz CT molecular complexity index is 970. The summed E-state index contributed by atoms with van der Waals surface area (Å²) in [7, 11) is 0. The van der Waals surface area contributed by atoms with E-state index >= 15 is 0 Å². The van der Waals surface area contributed by atoms with Gasteiger partial charge in [-0.1, -0.05) is 77.9 Å². The number of hydrogen-bond donors (Lipinski definition) is 0. The van der Waals surface area contributed by atoms with Crippen molar-refractivity contribution in [3.63, 3.8) is 0 Å². The van der Waals surface area contributed by atoms with Crippen molar-refractivity contribution in [1.29, 1.82) is 0 Å². The van der Waals surface area contributed by atoms with Gasteiger partial charge in [-0.25, -0.2) is 4.79 Å². The SMILES string of the molecule is O=C(ON1C(=O)c2ccccc2C1=O)C(Cc1ccccc1)Cc1ccccc1. The summed E-state index contributed by atoms with van der Waals surface area (Å²) >= 11 is 0. The molecule has 0 unspecified atom stereocenters. The normalized spacial score (nSPS) is 12.9. The fourth-order valence-electron chi connectivity index (χ4n) is 3.45. The molecule has 0 aromatic heterocycles. The number of benzene rings is 3. The van der Waals surface area contributed by atoms with Crippen molar-refractivity contribution in [3.05, 3.63) is 107 Å². The highest BCUT2D eigenvalue weighted by Crippen LogP contribution is 2.24. The second-order valence-electron chi connectivity index (χ2n) is 6.94. The summed E-state index contributed by atoms with van der Waals surface area (Å²) in [5.41, 5.74) is 2.45. The van der Waals surface area contributed by atoms with Gasteiger partial charge in [0.15, 0.2) is 0 Å². The third-order valence-electron chi connectivity index (χ3n) is 4.92. The summed E-state index contributed by atoms with van der Waals surface area (Å²) in [6, 6.07) is 25.6. The van der Waals surface area contributed by atoms with Crippen molar-refractivity contribution in [2.45, 2.75) is 12.8 Å². The minimum atomic E-state index is -0.614. The number of amides is 2. The Morgan fingerprint density at radius 1 is 0.690 bits per heavy atom. The highest BCUT2D eigenvalue weighted by Gasteiger charge is 2.39. The summed E-state index contributed by atoms with van der Waals surface area (Å²) < 4.78 is 0. The van der Waals surface area contributed by atoms with E-state index in [4.69, 9.17) is 4.84 Å². The average molecular weight is 385 g/mol. The van der Waals surface area contributed by atoms with Gasteiger partial charge in [0.2, 0.25) is 0 Å². The van der Waals surface area contributed by atoms with Crippen LogP contribution in [0.4, 0.5) is 0 Å². The first-order valence-corrected chi connectivity index (χ1v) is 9.41. The van der Waals surface area contributed by atoms with E-state index in [9.17, 15) is 14.4 Å². The van der Waals surface area contributed by atoms with Gasteiger partial charge in [-0.15, -0.1) is 0 Å². The minimum absolute atomic E-state index is 0.243. The predicted molar refractivity (Wildman–Crippen MR) is 107 cm³/mol. The van der Waals surface area contributed by atoms with Crippen LogP contribution in [0.3, 0.4) is 0 Å². The van der Waals surface area contributed by atoms with Crippen LogP contribution in [0, 0.1) is 5.92 Å². The number of carbonyl (C=O) groups is 3.